The van der Waals surface area contributed by atoms with Gasteiger partial charge in [0, 0.05) is 28.6 Å². The highest BCUT2D eigenvalue weighted by atomic mass is 79.9. The minimum Gasteiger partial charge on any atom is -0.351 e. The van der Waals surface area contributed by atoms with E-state index in [-0.39, 0.29) is 5.91 Å². The largest absolute Gasteiger partial charge is 0.351 e. The highest BCUT2D eigenvalue weighted by Gasteiger charge is 2.40. The summed E-state index contributed by atoms with van der Waals surface area (Å²) in [5, 5.41) is 4.31. The fraction of sp³-hybridized carbons (Fsp3) is 0.571. The van der Waals surface area contributed by atoms with Crippen molar-refractivity contribution in [3.8, 4) is 0 Å². The second kappa shape index (κ2) is 6.46. The lowest BCUT2D eigenvalue weighted by Crippen LogP contribution is -2.43. The molecule has 2 bridgehead atoms. The summed E-state index contributed by atoms with van der Waals surface area (Å²) in [5.41, 5.74) is 2.26. The zero-order chi connectivity index (χ0) is 17.6. The highest BCUT2D eigenvalue weighted by Crippen LogP contribution is 2.49. The lowest BCUT2D eigenvalue weighted by atomic mass is 9.61. The highest BCUT2D eigenvalue weighted by molar-refractivity contribution is 9.10. The van der Waals surface area contributed by atoms with Gasteiger partial charge in [0.1, 0.15) is 0 Å². The standard InChI is InChI=1S/C21H27BrN2O/c1-14(2)24-12-16(19-17(22)4-3-5-18(19)24)20(25)23-13-21-9-6-15(7-10-21)8-11-21/h3-5,12,14-15H,6-11,13H2,1-2H3,(H,23,25). The van der Waals surface area contributed by atoms with E-state index in [0.717, 1.165) is 33.4 Å². The van der Waals surface area contributed by atoms with E-state index >= 15 is 0 Å². The molecule has 0 aliphatic heterocycles. The predicted molar refractivity (Wildman–Crippen MR) is 106 cm³/mol. The van der Waals surface area contributed by atoms with Gasteiger partial charge in [-0.2, -0.15) is 0 Å². The van der Waals surface area contributed by atoms with Crippen molar-refractivity contribution in [3.05, 3.63) is 34.4 Å². The van der Waals surface area contributed by atoms with Crippen LogP contribution >= 0.6 is 15.9 Å². The first-order chi connectivity index (χ1) is 12.0. The number of hydrogen-bond donors (Lipinski definition) is 1. The van der Waals surface area contributed by atoms with Crippen LogP contribution in [0.15, 0.2) is 28.9 Å². The van der Waals surface area contributed by atoms with E-state index < -0.39 is 0 Å². The summed E-state index contributed by atoms with van der Waals surface area (Å²) in [6.07, 6.45) is 9.95. The third-order valence-electron chi connectivity index (χ3n) is 6.48. The molecule has 3 fully saturated rings. The predicted octanol–water partition coefficient (Wildman–Crippen LogP) is 5.68. The van der Waals surface area contributed by atoms with Crippen LogP contribution in [-0.2, 0) is 0 Å². The van der Waals surface area contributed by atoms with Crippen LogP contribution in [0.3, 0.4) is 0 Å². The number of aromatic nitrogens is 1. The van der Waals surface area contributed by atoms with Crippen LogP contribution in [0.5, 0.6) is 0 Å². The second-order valence-electron chi connectivity index (χ2n) is 8.34. The van der Waals surface area contributed by atoms with Gasteiger partial charge in [-0.05, 0) is 75.8 Å². The molecule has 0 unspecified atom stereocenters. The van der Waals surface area contributed by atoms with Gasteiger partial charge < -0.3 is 9.88 Å². The van der Waals surface area contributed by atoms with E-state index in [0.29, 0.717) is 11.5 Å². The van der Waals surface area contributed by atoms with Crippen molar-refractivity contribution >= 4 is 32.7 Å². The fourth-order valence-electron chi connectivity index (χ4n) is 4.83. The van der Waals surface area contributed by atoms with Gasteiger partial charge in [-0.1, -0.05) is 22.0 Å². The number of carbonyl (C=O) groups is 1. The summed E-state index contributed by atoms with van der Waals surface area (Å²) < 4.78 is 3.19. The van der Waals surface area contributed by atoms with E-state index in [1.807, 2.05) is 18.3 Å². The third kappa shape index (κ3) is 3.03. The number of amides is 1. The van der Waals surface area contributed by atoms with Crippen LogP contribution in [-0.4, -0.2) is 17.0 Å². The van der Waals surface area contributed by atoms with E-state index in [2.05, 4.69) is 45.7 Å². The van der Waals surface area contributed by atoms with E-state index in [4.69, 9.17) is 0 Å². The van der Waals surface area contributed by atoms with Crippen LogP contribution in [0.1, 0.15) is 68.8 Å². The van der Waals surface area contributed by atoms with Crippen LogP contribution in [0.2, 0.25) is 0 Å². The first-order valence-electron chi connectivity index (χ1n) is 9.56. The molecule has 3 aliphatic rings. The molecule has 4 heteroatoms. The number of nitrogens with zero attached hydrogens (tertiary/aromatic N) is 1. The maximum atomic E-state index is 13.0. The average Bonchev–Trinajstić information content (AvgIpc) is 3.03. The number of halogens is 1. The number of hydrogen-bond acceptors (Lipinski definition) is 1. The molecule has 1 aromatic heterocycles. The Labute approximate surface area is 158 Å². The van der Waals surface area contributed by atoms with Crippen molar-refractivity contribution in [2.75, 3.05) is 6.54 Å². The Morgan fingerprint density at radius 3 is 2.60 bits per heavy atom. The smallest absolute Gasteiger partial charge is 0.253 e. The molecule has 0 atom stereocenters. The molecule has 134 valence electrons. The van der Waals surface area contributed by atoms with E-state index in [1.54, 1.807) is 0 Å². The lowest BCUT2D eigenvalue weighted by Gasteiger charge is -2.46. The van der Waals surface area contributed by atoms with Gasteiger partial charge in [0.25, 0.3) is 5.91 Å². The zero-order valence-corrected chi connectivity index (χ0v) is 16.7. The Morgan fingerprint density at radius 1 is 1.28 bits per heavy atom. The van der Waals surface area contributed by atoms with Crippen molar-refractivity contribution in [3.63, 3.8) is 0 Å². The summed E-state index contributed by atoms with van der Waals surface area (Å²) in [6.45, 7) is 5.14. The van der Waals surface area contributed by atoms with Crippen molar-refractivity contribution in [1.29, 1.82) is 0 Å². The Bertz CT molecular complexity index is 786. The summed E-state index contributed by atoms with van der Waals surface area (Å²) >= 11 is 3.64. The monoisotopic (exact) mass is 402 g/mol. The number of benzene rings is 1. The molecular weight excluding hydrogens is 376 g/mol. The molecule has 3 nitrogen and oxygen atoms in total. The first-order valence-corrected chi connectivity index (χ1v) is 10.4. The van der Waals surface area contributed by atoms with Gasteiger partial charge in [0.15, 0.2) is 0 Å². The van der Waals surface area contributed by atoms with Crippen LogP contribution in [0.25, 0.3) is 10.9 Å². The van der Waals surface area contributed by atoms with Crippen molar-refractivity contribution in [2.45, 2.75) is 58.4 Å². The molecule has 1 amide bonds. The molecule has 0 spiro atoms. The number of rotatable bonds is 4. The topological polar surface area (TPSA) is 34.0 Å². The van der Waals surface area contributed by atoms with Gasteiger partial charge >= 0.3 is 0 Å². The maximum absolute atomic E-state index is 13.0. The quantitative estimate of drug-likeness (QED) is 0.700. The number of carbonyl (C=O) groups excluding carboxylic acids is 1. The van der Waals surface area contributed by atoms with Gasteiger partial charge in [0.2, 0.25) is 0 Å². The first kappa shape index (κ1) is 17.1. The van der Waals surface area contributed by atoms with Crippen LogP contribution < -0.4 is 5.32 Å². The Kier molecular flexibility index (Phi) is 4.43. The molecule has 25 heavy (non-hydrogen) atoms. The molecule has 3 saturated carbocycles. The molecule has 2 aromatic rings. The summed E-state index contributed by atoms with van der Waals surface area (Å²) in [6, 6.07) is 6.47. The lowest BCUT2D eigenvalue weighted by molar-refractivity contribution is 0.0598. The molecule has 3 aliphatic carbocycles. The minimum absolute atomic E-state index is 0.0679. The SMILES string of the molecule is CC(C)n1cc(C(=O)NCC23CCC(CC2)CC3)c2c(Br)cccc21. The minimum atomic E-state index is 0.0679. The molecule has 1 aromatic carbocycles. The number of nitrogens with one attached hydrogen (secondary N) is 1. The van der Waals surface area contributed by atoms with Crippen molar-refractivity contribution in [1.82, 2.24) is 9.88 Å². The number of fused-ring (bicyclic) bond motifs is 4. The molecular formula is C21H27BrN2O. The molecule has 1 N–H and O–H groups in total. The Hall–Kier alpha value is -1.29. The van der Waals surface area contributed by atoms with Crippen molar-refractivity contribution < 1.29 is 4.79 Å². The van der Waals surface area contributed by atoms with Crippen molar-refractivity contribution in [2.24, 2.45) is 11.3 Å². The summed E-state index contributed by atoms with van der Waals surface area (Å²) in [5.74, 6) is 1.02. The van der Waals surface area contributed by atoms with Gasteiger partial charge in [0.05, 0.1) is 11.1 Å². The van der Waals surface area contributed by atoms with E-state index in [9.17, 15) is 4.79 Å². The van der Waals surface area contributed by atoms with Gasteiger partial charge in [-0.3, -0.25) is 4.79 Å². The Morgan fingerprint density at radius 2 is 1.96 bits per heavy atom. The summed E-state index contributed by atoms with van der Waals surface area (Å²) in [4.78, 5) is 13.0. The molecule has 5 rings (SSSR count). The zero-order valence-electron chi connectivity index (χ0n) is 15.1. The van der Waals surface area contributed by atoms with Gasteiger partial charge in [-0.15, -0.1) is 0 Å². The summed E-state index contributed by atoms with van der Waals surface area (Å²) in [7, 11) is 0. The average molecular weight is 403 g/mol. The Balaban J connectivity index is 1.60. The second-order valence-corrected chi connectivity index (χ2v) is 9.20. The normalized spacial score (nSPS) is 25.7. The van der Waals surface area contributed by atoms with E-state index in [1.165, 1.54) is 38.5 Å². The molecule has 0 saturated heterocycles. The van der Waals surface area contributed by atoms with Gasteiger partial charge in [-0.25, -0.2) is 0 Å². The van der Waals surface area contributed by atoms with Crippen LogP contribution in [0, 0.1) is 11.3 Å². The van der Waals surface area contributed by atoms with Crippen LogP contribution in [0.4, 0.5) is 0 Å². The molecule has 0 radical (unpaired) electrons. The third-order valence-corrected chi connectivity index (χ3v) is 7.14. The maximum Gasteiger partial charge on any atom is 0.253 e. The molecule has 1 heterocycles. The fourth-order valence-corrected chi connectivity index (χ4v) is 5.40.